The molecule has 2 N–H and O–H groups in total. The number of nitrogens with zero attached hydrogens (tertiary/aromatic N) is 1. The van der Waals surface area contributed by atoms with Crippen molar-refractivity contribution in [1.82, 2.24) is 14.9 Å². The summed E-state index contributed by atoms with van der Waals surface area (Å²) in [5.74, 6) is 0.307. The minimum atomic E-state index is -3.55. The van der Waals surface area contributed by atoms with E-state index in [9.17, 15) is 8.42 Å². The molecule has 0 unspecified atom stereocenters. The van der Waals surface area contributed by atoms with Crippen molar-refractivity contribution in [1.29, 1.82) is 0 Å². The van der Waals surface area contributed by atoms with Gasteiger partial charge in [0.05, 0.1) is 0 Å². The maximum atomic E-state index is 12.0. The number of aryl methyl sites for hydroxylation is 2. The van der Waals surface area contributed by atoms with Gasteiger partial charge in [-0.25, -0.2) is 13.1 Å². The highest BCUT2D eigenvalue weighted by Crippen LogP contribution is 2.18. The van der Waals surface area contributed by atoms with Crippen LogP contribution in [0.25, 0.3) is 0 Å². The number of aromatic nitrogens is 2. The third-order valence-corrected chi connectivity index (χ3v) is 4.31. The molecule has 0 bridgehead atoms. The van der Waals surface area contributed by atoms with Crippen molar-refractivity contribution in [2.75, 3.05) is 6.54 Å². The molecule has 2 rings (SSSR count). The second kappa shape index (κ2) is 4.95. The largest absolute Gasteiger partial charge is 0.367 e. The highest BCUT2D eigenvalue weighted by atomic mass is 32.2. The van der Waals surface area contributed by atoms with Gasteiger partial charge >= 0.3 is 0 Å². The van der Waals surface area contributed by atoms with E-state index in [0.29, 0.717) is 24.4 Å². The first kappa shape index (κ1) is 12.8. The summed E-state index contributed by atoms with van der Waals surface area (Å²) >= 11 is 0. The third-order valence-electron chi connectivity index (χ3n) is 2.60. The van der Waals surface area contributed by atoms with E-state index in [1.54, 1.807) is 20.0 Å². The van der Waals surface area contributed by atoms with Gasteiger partial charge in [-0.15, -0.1) is 0 Å². The molecular formula is C11H15N3O3S. The Morgan fingerprint density at radius 2 is 2.22 bits per heavy atom. The molecule has 0 aliphatic rings. The van der Waals surface area contributed by atoms with E-state index >= 15 is 0 Å². The lowest BCUT2D eigenvalue weighted by atomic mass is 10.2. The Hall–Kier alpha value is -1.60. The fraction of sp³-hybridized carbons (Fsp3) is 0.364. The molecular weight excluding hydrogens is 254 g/mol. The van der Waals surface area contributed by atoms with Gasteiger partial charge in [0.2, 0.25) is 10.0 Å². The van der Waals surface area contributed by atoms with E-state index in [2.05, 4.69) is 14.9 Å². The molecule has 0 spiro atoms. The van der Waals surface area contributed by atoms with Gasteiger partial charge in [0.25, 0.3) is 0 Å². The molecule has 98 valence electrons. The average molecular weight is 269 g/mol. The summed E-state index contributed by atoms with van der Waals surface area (Å²) in [6.07, 6.45) is 4.27. The second-order valence-corrected chi connectivity index (χ2v) is 5.72. The van der Waals surface area contributed by atoms with Gasteiger partial charge in [-0.2, -0.15) is 0 Å². The number of sulfonamides is 1. The molecule has 0 aromatic carbocycles. The van der Waals surface area contributed by atoms with E-state index in [1.807, 2.05) is 12.3 Å². The molecule has 0 saturated heterocycles. The number of hydrogen-bond donors (Lipinski definition) is 2. The average Bonchev–Trinajstić information content (AvgIpc) is 2.89. The number of nitrogens with one attached hydrogen (secondary N) is 2. The summed E-state index contributed by atoms with van der Waals surface area (Å²) in [7, 11) is -3.55. The Morgan fingerprint density at radius 1 is 1.44 bits per heavy atom. The molecule has 6 nitrogen and oxygen atoms in total. The smallest absolute Gasteiger partial charge is 0.245 e. The van der Waals surface area contributed by atoms with Crippen molar-refractivity contribution in [3.05, 3.63) is 35.5 Å². The van der Waals surface area contributed by atoms with Crippen molar-refractivity contribution in [2.24, 2.45) is 0 Å². The summed E-state index contributed by atoms with van der Waals surface area (Å²) in [6, 6.07) is 1.91. The molecule has 18 heavy (non-hydrogen) atoms. The normalized spacial score (nSPS) is 11.9. The lowest BCUT2D eigenvalue weighted by Gasteiger charge is -2.05. The van der Waals surface area contributed by atoms with Crippen LogP contribution in [0.2, 0.25) is 0 Å². The second-order valence-electron chi connectivity index (χ2n) is 4.02. The van der Waals surface area contributed by atoms with Crippen LogP contribution in [-0.4, -0.2) is 25.1 Å². The molecule has 0 saturated carbocycles. The number of H-pyrrole nitrogens is 1. The van der Waals surface area contributed by atoms with Gasteiger partial charge in [-0.1, -0.05) is 5.16 Å². The van der Waals surface area contributed by atoms with Crippen LogP contribution in [0.1, 0.15) is 17.0 Å². The van der Waals surface area contributed by atoms with Crippen LogP contribution >= 0.6 is 0 Å². The zero-order valence-electron chi connectivity index (χ0n) is 10.2. The molecule has 0 aliphatic carbocycles. The van der Waals surface area contributed by atoms with Crippen molar-refractivity contribution in [3.63, 3.8) is 0 Å². The molecule has 0 radical (unpaired) electrons. The van der Waals surface area contributed by atoms with Gasteiger partial charge in [0, 0.05) is 18.9 Å². The van der Waals surface area contributed by atoms with Gasteiger partial charge in [0.1, 0.15) is 10.6 Å². The summed E-state index contributed by atoms with van der Waals surface area (Å²) < 4.78 is 31.5. The monoisotopic (exact) mass is 269 g/mol. The molecule has 2 aromatic heterocycles. The van der Waals surface area contributed by atoms with E-state index in [1.165, 1.54) is 0 Å². The highest BCUT2D eigenvalue weighted by Gasteiger charge is 2.23. The summed E-state index contributed by atoms with van der Waals surface area (Å²) in [6.45, 7) is 3.53. The minimum Gasteiger partial charge on any atom is -0.367 e. The van der Waals surface area contributed by atoms with Crippen LogP contribution in [0.4, 0.5) is 0 Å². The minimum absolute atomic E-state index is 0.136. The van der Waals surface area contributed by atoms with E-state index in [0.717, 1.165) is 5.56 Å². The summed E-state index contributed by atoms with van der Waals surface area (Å²) in [4.78, 5) is 3.06. The van der Waals surface area contributed by atoms with Crippen molar-refractivity contribution in [3.8, 4) is 0 Å². The molecule has 0 aliphatic heterocycles. The van der Waals surface area contributed by atoms with E-state index < -0.39 is 10.0 Å². The van der Waals surface area contributed by atoms with Gasteiger partial charge in [-0.05, 0) is 31.9 Å². The molecule has 2 heterocycles. The SMILES string of the molecule is Cc1noc(C)c1S(=O)(=O)NCCc1cc[nH]c1. The first-order valence-corrected chi connectivity index (χ1v) is 7.03. The number of rotatable bonds is 5. The van der Waals surface area contributed by atoms with Crippen LogP contribution in [0, 0.1) is 13.8 Å². The van der Waals surface area contributed by atoms with Gasteiger partial charge in [-0.3, -0.25) is 0 Å². The molecule has 0 atom stereocenters. The maximum absolute atomic E-state index is 12.0. The lowest BCUT2D eigenvalue weighted by Crippen LogP contribution is -2.26. The lowest BCUT2D eigenvalue weighted by molar-refractivity contribution is 0.390. The first-order valence-electron chi connectivity index (χ1n) is 5.55. The first-order chi connectivity index (χ1) is 8.50. The Bertz CT molecular complexity index is 595. The predicted molar refractivity (Wildman–Crippen MR) is 65.7 cm³/mol. The van der Waals surface area contributed by atoms with Gasteiger partial charge in [0.15, 0.2) is 5.76 Å². The highest BCUT2D eigenvalue weighted by molar-refractivity contribution is 7.89. The van der Waals surface area contributed by atoms with Crippen LogP contribution in [0.15, 0.2) is 27.9 Å². The molecule has 0 amide bonds. The van der Waals surface area contributed by atoms with E-state index in [4.69, 9.17) is 4.52 Å². The predicted octanol–water partition coefficient (Wildman–Crippen LogP) is 1.14. The van der Waals surface area contributed by atoms with Gasteiger partial charge < -0.3 is 9.51 Å². The van der Waals surface area contributed by atoms with Crippen LogP contribution in [0.5, 0.6) is 0 Å². The van der Waals surface area contributed by atoms with Crippen LogP contribution < -0.4 is 4.72 Å². The van der Waals surface area contributed by atoms with Crippen molar-refractivity contribution < 1.29 is 12.9 Å². The third kappa shape index (κ3) is 2.62. The zero-order valence-corrected chi connectivity index (χ0v) is 11.0. The van der Waals surface area contributed by atoms with Crippen molar-refractivity contribution >= 4 is 10.0 Å². The van der Waals surface area contributed by atoms with E-state index in [-0.39, 0.29) is 4.90 Å². The molecule has 0 fully saturated rings. The fourth-order valence-corrected chi connectivity index (χ4v) is 3.13. The van der Waals surface area contributed by atoms with Crippen molar-refractivity contribution in [2.45, 2.75) is 25.2 Å². The standard InChI is InChI=1S/C11H15N3O3S/c1-8-11(9(2)17-14-8)18(15,16)13-6-4-10-3-5-12-7-10/h3,5,7,12-13H,4,6H2,1-2H3. The van der Waals surface area contributed by atoms with Crippen LogP contribution in [0.3, 0.4) is 0 Å². The zero-order chi connectivity index (χ0) is 13.2. The van der Waals surface area contributed by atoms with Crippen LogP contribution in [-0.2, 0) is 16.4 Å². The maximum Gasteiger partial charge on any atom is 0.245 e. The Labute approximate surface area is 105 Å². The number of hydrogen-bond acceptors (Lipinski definition) is 4. The fourth-order valence-electron chi connectivity index (χ4n) is 1.77. The Morgan fingerprint density at radius 3 is 2.78 bits per heavy atom. The topological polar surface area (TPSA) is 88.0 Å². The Balaban J connectivity index is 2.04. The summed E-state index contributed by atoms with van der Waals surface area (Å²) in [5.41, 5.74) is 1.43. The molecule has 2 aromatic rings. The Kier molecular flexibility index (Phi) is 3.53. The quantitative estimate of drug-likeness (QED) is 0.852. The summed E-state index contributed by atoms with van der Waals surface area (Å²) in [5, 5.41) is 3.64. The number of aromatic amines is 1. The molecule has 7 heteroatoms.